The van der Waals surface area contributed by atoms with Crippen molar-refractivity contribution in [2.45, 2.75) is 57.8 Å². The fourth-order valence-electron chi connectivity index (χ4n) is 6.34. The molecule has 3 aromatic carbocycles. The molecular weight excluding hydrogens is 657 g/mol. The van der Waals surface area contributed by atoms with Gasteiger partial charge in [0.05, 0.1) is 18.7 Å². The Kier molecular flexibility index (Phi) is 12.3. The van der Waals surface area contributed by atoms with E-state index >= 15 is 4.79 Å². The Morgan fingerprint density at radius 3 is 1.89 bits per heavy atom. The van der Waals surface area contributed by atoms with Gasteiger partial charge in [0.2, 0.25) is 5.91 Å². The van der Waals surface area contributed by atoms with Crippen LogP contribution in [0, 0.1) is 0 Å². The van der Waals surface area contributed by atoms with Gasteiger partial charge >= 0.3 is 0 Å². The molecule has 0 aromatic heterocycles. The summed E-state index contributed by atoms with van der Waals surface area (Å²) >= 11 is 12.6. The second-order valence-corrected chi connectivity index (χ2v) is 14.0. The van der Waals surface area contributed by atoms with Crippen molar-refractivity contribution in [3.8, 4) is 5.75 Å². The number of nitrogens with zero attached hydrogens (tertiary/aromatic N) is 2. The first-order chi connectivity index (χ1) is 21.9. The van der Waals surface area contributed by atoms with Crippen LogP contribution in [0.15, 0.2) is 66.7 Å². The zero-order valence-corrected chi connectivity index (χ0v) is 30.1. The van der Waals surface area contributed by atoms with Gasteiger partial charge in [-0.05, 0) is 59.4 Å². The van der Waals surface area contributed by atoms with Gasteiger partial charge in [0, 0.05) is 61.8 Å². The fourth-order valence-corrected chi connectivity index (χ4v) is 6.59. The average molecular weight is 703 g/mol. The number of carbonyl (C=O) groups excluding carboxylic acids is 2. The summed E-state index contributed by atoms with van der Waals surface area (Å²) in [6.07, 6.45) is 0. The Morgan fingerprint density at radius 1 is 0.894 bits per heavy atom. The Hall–Kier alpha value is -2.85. The maximum Gasteiger partial charge on any atom is 0.262 e. The molecule has 8 nitrogen and oxygen atoms in total. The molecule has 2 saturated heterocycles. The molecule has 0 aliphatic carbocycles. The summed E-state index contributed by atoms with van der Waals surface area (Å²) in [5.74, 6) is 0.569. The van der Waals surface area contributed by atoms with Gasteiger partial charge in [-0.2, -0.15) is 0 Å². The third-order valence-electron chi connectivity index (χ3n) is 8.87. The highest BCUT2D eigenvalue weighted by molar-refractivity contribution is 6.30. The molecule has 2 fully saturated rings. The molecule has 0 radical (unpaired) electrons. The van der Waals surface area contributed by atoms with Crippen LogP contribution in [0.4, 0.5) is 0 Å². The summed E-state index contributed by atoms with van der Waals surface area (Å²) in [4.78, 5) is 30.6. The monoisotopic (exact) mass is 701 g/mol. The summed E-state index contributed by atoms with van der Waals surface area (Å²) in [5, 5.41) is 11.8. The van der Waals surface area contributed by atoms with Gasteiger partial charge in [0.1, 0.15) is 5.75 Å². The molecule has 2 aliphatic heterocycles. The number of piperazine rings is 1. The Balaban J connectivity index is 0.00000500. The molecule has 3 aromatic rings. The Morgan fingerprint density at radius 2 is 1.43 bits per heavy atom. The van der Waals surface area contributed by atoms with E-state index in [-0.39, 0.29) is 41.7 Å². The molecule has 254 valence electrons. The highest BCUT2D eigenvalue weighted by atomic mass is 35.5. The van der Waals surface area contributed by atoms with Crippen LogP contribution >= 0.6 is 35.6 Å². The average Bonchev–Trinajstić information content (AvgIpc) is 3.43. The normalized spacial score (nSPS) is 21.6. The summed E-state index contributed by atoms with van der Waals surface area (Å²) in [6, 6.07) is 21.2. The van der Waals surface area contributed by atoms with E-state index in [1.54, 1.807) is 0 Å². The molecule has 2 heterocycles. The number of rotatable bonds is 9. The third-order valence-corrected chi connectivity index (χ3v) is 9.37. The lowest BCUT2D eigenvalue weighted by Gasteiger charge is -2.41. The molecule has 1 unspecified atom stereocenters. The molecule has 47 heavy (non-hydrogen) atoms. The van der Waals surface area contributed by atoms with Crippen LogP contribution in [-0.2, 0) is 20.7 Å². The number of amides is 2. The number of hydrogen-bond acceptors (Lipinski definition) is 6. The molecule has 3 atom stereocenters. The highest BCUT2D eigenvalue weighted by Gasteiger charge is 2.54. The SMILES string of the molecule is CCOc1cc(C(C)(C)C)ccc1C1(C(=O)N2CCN(CCNC(C)=O)CC2)N[C@H](c2ccc(Cl)cc2)[C@H](c2ccc(Cl)cc2)N1.Cl. The van der Waals surface area contributed by atoms with E-state index in [0.29, 0.717) is 55.1 Å². The van der Waals surface area contributed by atoms with Crippen LogP contribution in [0.3, 0.4) is 0 Å². The third kappa shape index (κ3) is 8.42. The van der Waals surface area contributed by atoms with E-state index in [1.165, 1.54) is 6.92 Å². The molecule has 0 spiro atoms. The lowest BCUT2D eigenvalue weighted by atomic mass is 9.84. The summed E-state index contributed by atoms with van der Waals surface area (Å²) < 4.78 is 6.31. The minimum Gasteiger partial charge on any atom is -0.493 e. The van der Waals surface area contributed by atoms with Crippen molar-refractivity contribution in [1.82, 2.24) is 25.8 Å². The van der Waals surface area contributed by atoms with E-state index in [4.69, 9.17) is 27.9 Å². The summed E-state index contributed by atoms with van der Waals surface area (Å²) in [6.45, 7) is 14.3. The number of benzene rings is 3. The molecule has 0 bridgehead atoms. The number of nitrogens with one attached hydrogen (secondary N) is 3. The molecule has 5 rings (SSSR count). The van der Waals surface area contributed by atoms with E-state index in [2.05, 4.69) is 53.8 Å². The van der Waals surface area contributed by atoms with Crippen molar-refractivity contribution in [3.63, 3.8) is 0 Å². The van der Waals surface area contributed by atoms with Gasteiger partial charge in [-0.15, -0.1) is 12.4 Å². The first kappa shape index (κ1) is 37.0. The van der Waals surface area contributed by atoms with Gasteiger partial charge < -0.3 is 15.0 Å². The summed E-state index contributed by atoms with van der Waals surface area (Å²) in [7, 11) is 0. The van der Waals surface area contributed by atoms with Crippen molar-refractivity contribution in [3.05, 3.63) is 99.0 Å². The maximum atomic E-state index is 15.1. The van der Waals surface area contributed by atoms with Gasteiger partial charge in [-0.25, -0.2) is 0 Å². The van der Waals surface area contributed by atoms with Crippen LogP contribution in [0.5, 0.6) is 5.75 Å². The number of hydrogen-bond donors (Lipinski definition) is 3. The van der Waals surface area contributed by atoms with E-state index in [0.717, 1.165) is 28.8 Å². The fraction of sp³-hybridized carbons (Fsp3) is 0.444. The zero-order chi connectivity index (χ0) is 33.1. The topological polar surface area (TPSA) is 85.9 Å². The van der Waals surface area contributed by atoms with Crippen molar-refractivity contribution >= 4 is 47.4 Å². The molecule has 2 amide bonds. The van der Waals surface area contributed by atoms with Crippen molar-refractivity contribution in [2.24, 2.45) is 0 Å². The lowest BCUT2D eigenvalue weighted by Crippen LogP contribution is -2.62. The quantitative estimate of drug-likeness (QED) is 0.246. The Labute approximate surface area is 294 Å². The van der Waals surface area contributed by atoms with E-state index in [1.807, 2.05) is 66.4 Å². The molecule has 11 heteroatoms. The van der Waals surface area contributed by atoms with Crippen molar-refractivity contribution < 1.29 is 14.3 Å². The second kappa shape index (κ2) is 15.6. The lowest BCUT2D eigenvalue weighted by molar-refractivity contribution is -0.141. The van der Waals surface area contributed by atoms with Crippen LogP contribution in [0.2, 0.25) is 10.0 Å². The molecule has 2 aliphatic rings. The smallest absolute Gasteiger partial charge is 0.262 e. The van der Waals surface area contributed by atoms with Crippen molar-refractivity contribution in [2.75, 3.05) is 45.9 Å². The molecule has 3 N–H and O–H groups in total. The predicted octanol–water partition coefficient (Wildman–Crippen LogP) is 6.22. The first-order valence-electron chi connectivity index (χ1n) is 16.0. The van der Waals surface area contributed by atoms with Gasteiger partial charge in [-0.3, -0.25) is 25.1 Å². The van der Waals surface area contributed by atoms with Gasteiger partial charge in [0.25, 0.3) is 5.91 Å². The van der Waals surface area contributed by atoms with Crippen LogP contribution < -0.4 is 20.7 Å². The van der Waals surface area contributed by atoms with Crippen LogP contribution in [0.25, 0.3) is 0 Å². The van der Waals surface area contributed by atoms with Crippen LogP contribution in [0.1, 0.15) is 69.0 Å². The highest BCUT2D eigenvalue weighted by Crippen LogP contribution is 2.45. The minimum atomic E-state index is -1.30. The summed E-state index contributed by atoms with van der Waals surface area (Å²) in [5.41, 5.74) is 2.46. The standard InChI is InChI=1S/C36H45Cl2N5O3.ClH/c1-6-46-31-23-27(35(3,4)5)11-16-30(31)36(34(45)43-21-19-42(20-22-43)18-17-39-24(2)44)40-32(25-7-12-28(37)13-8-25)33(41-36)26-9-14-29(38)15-10-26;/h7-16,23,32-33,40-41H,6,17-22H2,1-5H3,(H,39,44);1H/t32-,33+,36?;. The largest absolute Gasteiger partial charge is 0.493 e. The number of carbonyl (C=O) groups is 2. The van der Waals surface area contributed by atoms with E-state index < -0.39 is 5.66 Å². The number of halogens is 3. The predicted molar refractivity (Wildman–Crippen MR) is 192 cm³/mol. The molecule has 0 saturated carbocycles. The van der Waals surface area contributed by atoms with Crippen molar-refractivity contribution in [1.29, 1.82) is 0 Å². The van der Waals surface area contributed by atoms with Gasteiger partial charge in [-0.1, -0.05) is 80.4 Å². The first-order valence-corrected chi connectivity index (χ1v) is 16.8. The Bertz CT molecular complexity index is 1470. The number of ether oxygens (including phenoxy) is 1. The zero-order valence-electron chi connectivity index (χ0n) is 27.7. The molecular formula is C36H46Cl3N5O3. The van der Waals surface area contributed by atoms with Crippen LogP contribution in [-0.4, -0.2) is 67.5 Å². The van der Waals surface area contributed by atoms with Gasteiger partial charge in [0.15, 0.2) is 5.66 Å². The van der Waals surface area contributed by atoms with E-state index in [9.17, 15) is 4.79 Å². The maximum absolute atomic E-state index is 15.1. The minimum absolute atomic E-state index is 0. The second-order valence-electron chi connectivity index (χ2n) is 13.1.